The van der Waals surface area contributed by atoms with Crippen molar-refractivity contribution >= 4 is 22.6 Å². The maximum atomic E-state index is 12.7. The van der Waals surface area contributed by atoms with E-state index in [0.29, 0.717) is 22.6 Å². The third kappa shape index (κ3) is 3.93. The monoisotopic (exact) mass is 385 g/mol. The summed E-state index contributed by atoms with van der Waals surface area (Å²) in [5.74, 6) is -0.0964. The van der Waals surface area contributed by atoms with Crippen molar-refractivity contribution in [1.82, 2.24) is 15.1 Å². The van der Waals surface area contributed by atoms with Crippen LogP contribution in [-0.2, 0) is 16.6 Å². The van der Waals surface area contributed by atoms with Crippen molar-refractivity contribution in [3.63, 3.8) is 0 Å². The highest BCUT2D eigenvalue weighted by molar-refractivity contribution is 6.02. The van der Waals surface area contributed by atoms with E-state index < -0.39 is 12.1 Å². The smallest absolute Gasteiger partial charge is 0.360 e. The van der Waals surface area contributed by atoms with Crippen molar-refractivity contribution in [2.75, 3.05) is 0 Å². The van der Waals surface area contributed by atoms with E-state index in [1.807, 2.05) is 0 Å². The van der Waals surface area contributed by atoms with E-state index in [-0.39, 0.29) is 23.2 Å². The molecule has 7 nitrogen and oxygen atoms in total. The van der Waals surface area contributed by atoms with E-state index in [4.69, 9.17) is 4.74 Å². The van der Waals surface area contributed by atoms with E-state index in [1.165, 1.54) is 13.5 Å². The molecule has 3 rings (SSSR count). The Bertz CT molecular complexity index is 952. The molecule has 2 aromatic rings. The molecule has 1 aromatic carbocycles. The van der Waals surface area contributed by atoms with Crippen molar-refractivity contribution in [2.45, 2.75) is 52.2 Å². The quantitative estimate of drug-likeness (QED) is 0.817. The van der Waals surface area contributed by atoms with Crippen LogP contribution >= 0.6 is 0 Å². The standard InChI is InChI=1S/C21H27N3O4/c1-12-8-7-11-17(13(12)2)22-19(25)14(3)28-21(27)18-15-9-5-6-10-16(15)20(26)24(4)23-18/h5-6,9-10,12-14,17H,7-8,11H2,1-4H3,(H,22,25)/t12-,13-,14-,17-/m1/s1. The molecule has 1 amide bonds. The third-order valence-electron chi connectivity index (χ3n) is 5.84. The molecular formula is C21H27N3O4. The fraction of sp³-hybridized carbons (Fsp3) is 0.524. The normalized spacial score (nSPS) is 23.2. The number of amides is 1. The van der Waals surface area contributed by atoms with Gasteiger partial charge in [-0.15, -0.1) is 0 Å². The predicted octanol–water partition coefficient (Wildman–Crippen LogP) is 2.42. The maximum Gasteiger partial charge on any atom is 0.360 e. The lowest BCUT2D eigenvalue weighted by Gasteiger charge is -2.35. The first-order valence-electron chi connectivity index (χ1n) is 9.77. The van der Waals surface area contributed by atoms with Gasteiger partial charge in [-0.05, 0) is 31.2 Å². The zero-order chi connectivity index (χ0) is 20.4. The van der Waals surface area contributed by atoms with Crippen LogP contribution in [0.25, 0.3) is 10.8 Å². The number of carbonyl (C=O) groups excluding carboxylic acids is 2. The summed E-state index contributed by atoms with van der Waals surface area (Å²) in [6.07, 6.45) is 2.24. The van der Waals surface area contributed by atoms with Crippen molar-refractivity contribution in [2.24, 2.45) is 18.9 Å². The third-order valence-corrected chi connectivity index (χ3v) is 5.84. The zero-order valence-electron chi connectivity index (χ0n) is 16.8. The molecule has 1 aromatic heterocycles. The number of aromatic nitrogens is 2. The lowest BCUT2D eigenvalue weighted by Crippen LogP contribution is -2.47. The number of hydrogen-bond acceptors (Lipinski definition) is 5. The van der Waals surface area contributed by atoms with Crippen LogP contribution in [-0.4, -0.2) is 33.8 Å². The number of aryl methyl sites for hydroxylation is 1. The van der Waals surface area contributed by atoms with Crippen molar-refractivity contribution in [1.29, 1.82) is 0 Å². The summed E-state index contributed by atoms with van der Waals surface area (Å²) in [6.45, 7) is 5.89. The Balaban J connectivity index is 1.74. The van der Waals surface area contributed by atoms with Crippen LogP contribution in [0.3, 0.4) is 0 Å². The average Bonchev–Trinajstić information content (AvgIpc) is 2.68. The number of benzene rings is 1. The van der Waals surface area contributed by atoms with Crippen LogP contribution in [0, 0.1) is 11.8 Å². The van der Waals surface area contributed by atoms with Gasteiger partial charge in [0.25, 0.3) is 11.5 Å². The summed E-state index contributed by atoms with van der Waals surface area (Å²) < 4.78 is 6.48. The highest BCUT2D eigenvalue weighted by Gasteiger charge is 2.30. The molecule has 150 valence electrons. The second kappa shape index (κ2) is 8.12. The summed E-state index contributed by atoms with van der Waals surface area (Å²) in [5, 5.41) is 7.87. The first-order valence-corrected chi connectivity index (χ1v) is 9.77. The molecule has 7 heteroatoms. The second-order valence-electron chi connectivity index (χ2n) is 7.75. The number of esters is 1. The van der Waals surface area contributed by atoms with Crippen molar-refractivity contribution in [3.8, 4) is 0 Å². The van der Waals surface area contributed by atoms with Gasteiger partial charge < -0.3 is 10.1 Å². The fourth-order valence-corrected chi connectivity index (χ4v) is 3.81. The molecule has 1 saturated carbocycles. The SMILES string of the molecule is C[C@@H]1[C@H](C)CCC[C@H]1NC(=O)[C@@H](C)OC(=O)c1nn(C)c(=O)c2ccccc12. The molecule has 0 saturated heterocycles. The summed E-state index contributed by atoms with van der Waals surface area (Å²) in [7, 11) is 1.48. The van der Waals surface area contributed by atoms with Crippen molar-refractivity contribution in [3.05, 3.63) is 40.3 Å². The fourth-order valence-electron chi connectivity index (χ4n) is 3.81. The van der Waals surface area contributed by atoms with E-state index in [2.05, 4.69) is 24.3 Å². The Morgan fingerprint density at radius 1 is 1.21 bits per heavy atom. The van der Waals surface area contributed by atoms with Gasteiger partial charge >= 0.3 is 5.97 Å². The molecule has 0 bridgehead atoms. The molecule has 0 radical (unpaired) electrons. The van der Waals surface area contributed by atoms with E-state index in [1.54, 1.807) is 31.2 Å². The Morgan fingerprint density at radius 2 is 1.89 bits per heavy atom. The van der Waals surface area contributed by atoms with E-state index in [0.717, 1.165) is 17.5 Å². The van der Waals surface area contributed by atoms with Gasteiger partial charge in [0, 0.05) is 18.5 Å². The molecule has 0 unspecified atom stereocenters. The summed E-state index contributed by atoms with van der Waals surface area (Å²) in [5.41, 5.74) is -0.268. The van der Waals surface area contributed by atoms with E-state index >= 15 is 0 Å². The molecule has 1 N–H and O–H groups in total. The lowest BCUT2D eigenvalue weighted by molar-refractivity contribution is -0.130. The number of nitrogens with one attached hydrogen (secondary N) is 1. The average molecular weight is 385 g/mol. The van der Waals surface area contributed by atoms with Crippen LogP contribution in [0.2, 0.25) is 0 Å². The molecule has 4 atom stereocenters. The number of rotatable bonds is 4. The van der Waals surface area contributed by atoms with Gasteiger partial charge in [-0.2, -0.15) is 5.10 Å². The van der Waals surface area contributed by atoms with Crippen LogP contribution in [0.1, 0.15) is 50.5 Å². The van der Waals surface area contributed by atoms with Crippen LogP contribution < -0.4 is 10.9 Å². The van der Waals surface area contributed by atoms with Gasteiger partial charge in [0.15, 0.2) is 11.8 Å². The minimum Gasteiger partial charge on any atom is -0.448 e. The first-order chi connectivity index (χ1) is 13.3. The van der Waals surface area contributed by atoms with Gasteiger partial charge in [-0.1, -0.05) is 44.9 Å². The number of carbonyl (C=O) groups is 2. The minimum absolute atomic E-state index is 0.0250. The largest absolute Gasteiger partial charge is 0.448 e. The second-order valence-corrected chi connectivity index (χ2v) is 7.75. The molecule has 0 aliphatic heterocycles. The highest BCUT2D eigenvalue weighted by atomic mass is 16.5. The number of ether oxygens (including phenoxy) is 1. The van der Waals surface area contributed by atoms with Crippen LogP contribution in [0.15, 0.2) is 29.1 Å². The molecule has 28 heavy (non-hydrogen) atoms. The first kappa shape index (κ1) is 20.0. The maximum absolute atomic E-state index is 12.7. The molecular weight excluding hydrogens is 358 g/mol. The Labute approximate surface area is 164 Å². The van der Waals surface area contributed by atoms with Gasteiger partial charge in [0.05, 0.1) is 5.39 Å². The minimum atomic E-state index is -0.949. The van der Waals surface area contributed by atoms with Gasteiger partial charge in [-0.3, -0.25) is 9.59 Å². The van der Waals surface area contributed by atoms with Crippen LogP contribution in [0.4, 0.5) is 0 Å². The highest BCUT2D eigenvalue weighted by Crippen LogP contribution is 2.29. The number of fused-ring (bicyclic) bond motifs is 1. The topological polar surface area (TPSA) is 90.3 Å². The molecule has 1 heterocycles. The zero-order valence-corrected chi connectivity index (χ0v) is 16.8. The Morgan fingerprint density at radius 3 is 2.61 bits per heavy atom. The van der Waals surface area contributed by atoms with Gasteiger partial charge in [-0.25, -0.2) is 9.48 Å². The lowest BCUT2D eigenvalue weighted by atomic mass is 9.78. The van der Waals surface area contributed by atoms with Gasteiger partial charge in [0.1, 0.15) is 0 Å². The summed E-state index contributed by atoms with van der Waals surface area (Å²) in [6, 6.07) is 6.83. The molecule has 0 spiro atoms. The molecule has 1 aliphatic carbocycles. The number of hydrogen-bond donors (Lipinski definition) is 1. The predicted molar refractivity (Wildman–Crippen MR) is 106 cm³/mol. The summed E-state index contributed by atoms with van der Waals surface area (Å²) in [4.78, 5) is 37.4. The molecule has 1 aliphatic rings. The summed E-state index contributed by atoms with van der Waals surface area (Å²) >= 11 is 0. The van der Waals surface area contributed by atoms with Gasteiger partial charge in [0.2, 0.25) is 0 Å². The molecule has 1 fully saturated rings. The Hall–Kier alpha value is -2.70. The Kier molecular flexibility index (Phi) is 5.82. The van der Waals surface area contributed by atoms with E-state index in [9.17, 15) is 14.4 Å². The number of nitrogens with zero attached hydrogens (tertiary/aromatic N) is 2. The van der Waals surface area contributed by atoms with Crippen molar-refractivity contribution < 1.29 is 14.3 Å². The van der Waals surface area contributed by atoms with Crippen LogP contribution in [0.5, 0.6) is 0 Å².